The van der Waals surface area contributed by atoms with E-state index in [9.17, 15) is 4.79 Å². The maximum absolute atomic E-state index is 10.8. The molecular formula is C15H18N2O3S. The van der Waals surface area contributed by atoms with Crippen LogP contribution in [0, 0.1) is 6.92 Å². The van der Waals surface area contributed by atoms with E-state index in [0.29, 0.717) is 0 Å². The monoisotopic (exact) mass is 306 g/mol. The van der Waals surface area contributed by atoms with Crippen molar-refractivity contribution in [3.63, 3.8) is 0 Å². The van der Waals surface area contributed by atoms with E-state index in [4.69, 9.17) is 9.84 Å². The molecule has 0 bridgehead atoms. The van der Waals surface area contributed by atoms with Crippen LogP contribution in [0.4, 0.5) is 0 Å². The largest absolute Gasteiger partial charge is 0.481 e. The van der Waals surface area contributed by atoms with E-state index < -0.39 is 5.97 Å². The standard InChI is InChI=1S/C15H18N2O3S/c1-10-4-5-13-12(7-10)16-15(21-9-14(18)19)17(13)8-11-3-2-6-20-11/h4-5,7,11H,2-3,6,8-9H2,1H3,(H,18,19). The average molecular weight is 306 g/mol. The summed E-state index contributed by atoms with van der Waals surface area (Å²) in [7, 11) is 0. The Hall–Kier alpha value is -1.53. The number of aliphatic carboxylic acids is 1. The lowest BCUT2D eigenvalue weighted by molar-refractivity contribution is -0.133. The molecule has 6 heteroatoms. The van der Waals surface area contributed by atoms with Crippen molar-refractivity contribution in [1.82, 2.24) is 9.55 Å². The molecule has 21 heavy (non-hydrogen) atoms. The van der Waals surface area contributed by atoms with Gasteiger partial charge in [-0.2, -0.15) is 0 Å². The number of aryl methyl sites for hydroxylation is 1. The number of hydrogen-bond donors (Lipinski definition) is 1. The summed E-state index contributed by atoms with van der Waals surface area (Å²) in [4.78, 5) is 15.4. The van der Waals surface area contributed by atoms with Crippen molar-refractivity contribution in [2.24, 2.45) is 0 Å². The van der Waals surface area contributed by atoms with E-state index in [1.165, 1.54) is 11.8 Å². The fourth-order valence-corrected chi connectivity index (χ4v) is 3.37. The Morgan fingerprint density at radius 3 is 3.14 bits per heavy atom. The van der Waals surface area contributed by atoms with Crippen LogP contribution in [-0.2, 0) is 16.1 Å². The lowest BCUT2D eigenvalue weighted by atomic mass is 10.2. The number of ether oxygens (including phenoxy) is 1. The fourth-order valence-electron chi connectivity index (χ4n) is 2.62. The number of rotatable bonds is 5. The van der Waals surface area contributed by atoms with Crippen molar-refractivity contribution in [2.45, 2.75) is 37.6 Å². The molecule has 1 aliphatic heterocycles. The third kappa shape index (κ3) is 3.22. The predicted molar refractivity (Wildman–Crippen MR) is 81.8 cm³/mol. The lowest BCUT2D eigenvalue weighted by Crippen LogP contribution is -2.16. The van der Waals surface area contributed by atoms with E-state index in [1.54, 1.807) is 0 Å². The molecule has 2 heterocycles. The number of nitrogens with zero attached hydrogens (tertiary/aromatic N) is 2. The van der Waals surface area contributed by atoms with Gasteiger partial charge in [-0.25, -0.2) is 4.98 Å². The van der Waals surface area contributed by atoms with Gasteiger partial charge in [0, 0.05) is 6.61 Å². The molecule has 1 N–H and O–H groups in total. The van der Waals surface area contributed by atoms with E-state index in [2.05, 4.69) is 21.7 Å². The van der Waals surface area contributed by atoms with E-state index in [-0.39, 0.29) is 11.9 Å². The Labute approximate surface area is 127 Å². The minimum absolute atomic E-state index is 0.0217. The van der Waals surface area contributed by atoms with Crippen molar-refractivity contribution in [1.29, 1.82) is 0 Å². The minimum atomic E-state index is -0.827. The van der Waals surface area contributed by atoms with Gasteiger partial charge in [-0.05, 0) is 37.5 Å². The predicted octanol–water partition coefficient (Wildman–Crippen LogP) is 2.70. The van der Waals surface area contributed by atoms with Gasteiger partial charge in [-0.3, -0.25) is 4.79 Å². The highest BCUT2D eigenvalue weighted by Crippen LogP contribution is 2.27. The van der Waals surface area contributed by atoms with Gasteiger partial charge in [0.2, 0.25) is 0 Å². The Morgan fingerprint density at radius 1 is 1.57 bits per heavy atom. The third-order valence-electron chi connectivity index (χ3n) is 3.60. The summed E-state index contributed by atoms with van der Waals surface area (Å²) < 4.78 is 7.80. The number of hydrogen-bond acceptors (Lipinski definition) is 4. The smallest absolute Gasteiger partial charge is 0.313 e. The summed E-state index contributed by atoms with van der Waals surface area (Å²) in [5, 5.41) is 9.64. The van der Waals surface area contributed by atoms with Crippen LogP contribution in [0.3, 0.4) is 0 Å². The molecule has 0 aliphatic carbocycles. The second kappa shape index (κ2) is 6.07. The van der Waals surface area contributed by atoms with E-state index in [0.717, 1.165) is 47.7 Å². The number of carboxylic acid groups (broad SMARTS) is 1. The van der Waals surface area contributed by atoms with Crippen LogP contribution in [0.5, 0.6) is 0 Å². The highest BCUT2D eigenvalue weighted by Gasteiger charge is 2.20. The first kappa shape index (κ1) is 14.4. The first-order valence-electron chi connectivity index (χ1n) is 7.06. The summed E-state index contributed by atoms with van der Waals surface area (Å²) in [5.74, 6) is -0.805. The summed E-state index contributed by atoms with van der Waals surface area (Å²) in [6, 6.07) is 6.14. The van der Waals surface area contributed by atoms with Crippen LogP contribution in [-0.4, -0.2) is 39.1 Å². The zero-order valence-electron chi connectivity index (χ0n) is 11.9. The molecule has 112 valence electrons. The molecule has 1 atom stereocenters. The van der Waals surface area contributed by atoms with Crippen LogP contribution in [0.25, 0.3) is 11.0 Å². The molecule has 1 fully saturated rings. The molecule has 3 rings (SSSR count). The molecule has 1 unspecified atom stereocenters. The number of carbonyl (C=O) groups is 1. The SMILES string of the molecule is Cc1ccc2c(c1)nc(SCC(=O)O)n2CC1CCCO1. The van der Waals surface area contributed by atoms with E-state index >= 15 is 0 Å². The van der Waals surface area contributed by atoms with Crippen molar-refractivity contribution in [3.05, 3.63) is 23.8 Å². The molecule has 0 radical (unpaired) electrons. The topological polar surface area (TPSA) is 64.3 Å². The van der Waals surface area contributed by atoms with Crippen LogP contribution >= 0.6 is 11.8 Å². The van der Waals surface area contributed by atoms with Crippen molar-refractivity contribution in [3.8, 4) is 0 Å². The lowest BCUT2D eigenvalue weighted by Gasteiger charge is -2.13. The van der Waals surface area contributed by atoms with Crippen molar-refractivity contribution < 1.29 is 14.6 Å². The molecule has 0 saturated carbocycles. The summed E-state index contributed by atoms with van der Waals surface area (Å²) >= 11 is 1.27. The molecule has 1 aromatic carbocycles. The van der Waals surface area contributed by atoms with Crippen molar-refractivity contribution >= 4 is 28.8 Å². The molecule has 1 aromatic heterocycles. The number of imidazole rings is 1. The maximum atomic E-state index is 10.8. The second-order valence-electron chi connectivity index (χ2n) is 5.31. The normalized spacial score (nSPS) is 18.4. The molecule has 2 aromatic rings. The van der Waals surface area contributed by atoms with Gasteiger partial charge in [0.1, 0.15) is 0 Å². The Bertz CT molecular complexity index is 662. The Morgan fingerprint density at radius 2 is 2.43 bits per heavy atom. The number of aromatic nitrogens is 2. The molecular weight excluding hydrogens is 288 g/mol. The summed E-state index contributed by atoms with van der Waals surface area (Å²) in [6.45, 7) is 3.58. The van der Waals surface area contributed by atoms with Gasteiger partial charge in [-0.15, -0.1) is 0 Å². The highest BCUT2D eigenvalue weighted by molar-refractivity contribution is 7.99. The van der Waals surface area contributed by atoms with Gasteiger partial charge >= 0.3 is 5.97 Å². The number of thioether (sulfide) groups is 1. The third-order valence-corrected chi connectivity index (χ3v) is 4.56. The summed E-state index contributed by atoms with van der Waals surface area (Å²) in [5.41, 5.74) is 3.11. The first-order valence-corrected chi connectivity index (χ1v) is 8.05. The van der Waals surface area contributed by atoms with Gasteiger partial charge in [0.25, 0.3) is 0 Å². The maximum Gasteiger partial charge on any atom is 0.313 e. The average Bonchev–Trinajstić information content (AvgIpc) is 3.05. The second-order valence-corrected chi connectivity index (χ2v) is 6.26. The highest BCUT2D eigenvalue weighted by atomic mass is 32.2. The molecule has 1 aliphatic rings. The molecule has 0 spiro atoms. The van der Waals surface area contributed by atoms with Crippen LogP contribution in [0.1, 0.15) is 18.4 Å². The van der Waals surface area contributed by atoms with Crippen LogP contribution in [0.15, 0.2) is 23.4 Å². The minimum Gasteiger partial charge on any atom is -0.481 e. The molecule has 1 saturated heterocycles. The van der Waals surface area contributed by atoms with Crippen molar-refractivity contribution in [2.75, 3.05) is 12.4 Å². The van der Waals surface area contributed by atoms with Gasteiger partial charge in [0.15, 0.2) is 5.16 Å². The Balaban J connectivity index is 1.95. The van der Waals surface area contributed by atoms with Crippen LogP contribution in [0.2, 0.25) is 0 Å². The Kier molecular flexibility index (Phi) is 4.17. The quantitative estimate of drug-likeness (QED) is 0.860. The van der Waals surface area contributed by atoms with Gasteiger partial charge < -0.3 is 14.4 Å². The van der Waals surface area contributed by atoms with Gasteiger partial charge in [-0.1, -0.05) is 17.8 Å². The van der Waals surface area contributed by atoms with Gasteiger partial charge in [0.05, 0.1) is 29.4 Å². The first-order chi connectivity index (χ1) is 10.1. The summed E-state index contributed by atoms with van der Waals surface area (Å²) in [6.07, 6.45) is 2.34. The zero-order valence-corrected chi connectivity index (χ0v) is 12.7. The number of benzene rings is 1. The van der Waals surface area contributed by atoms with Crippen LogP contribution < -0.4 is 0 Å². The van der Waals surface area contributed by atoms with E-state index in [1.807, 2.05) is 13.0 Å². The zero-order chi connectivity index (χ0) is 14.8. The molecule has 5 nitrogen and oxygen atoms in total. The number of carboxylic acids is 1. The number of fused-ring (bicyclic) bond motifs is 1. The molecule has 0 amide bonds. The fraction of sp³-hybridized carbons (Fsp3) is 0.467.